The van der Waals surface area contributed by atoms with E-state index in [-0.39, 0.29) is 5.41 Å². The third-order valence-electron chi connectivity index (χ3n) is 3.89. The molecule has 0 bridgehead atoms. The van der Waals surface area contributed by atoms with Crippen LogP contribution < -0.4 is 10.6 Å². The molecule has 7 nitrogen and oxygen atoms in total. The van der Waals surface area contributed by atoms with Gasteiger partial charge in [0.1, 0.15) is 0 Å². The van der Waals surface area contributed by atoms with E-state index in [2.05, 4.69) is 37.2 Å². The molecular weight excluding hydrogens is 254 g/mol. The monoisotopic (exact) mass is 273 g/mol. The van der Waals surface area contributed by atoms with Crippen LogP contribution in [0.5, 0.6) is 0 Å². The summed E-state index contributed by atoms with van der Waals surface area (Å²) in [5.74, 6) is 1.45. The van der Waals surface area contributed by atoms with Crippen molar-refractivity contribution < 1.29 is 0 Å². The van der Waals surface area contributed by atoms with Crippen molar-refractivity contribution in [3.63, 3.8) is 0 Å². The third-order valence-corrected chi connectivity index (χ3v) is 3.89. The second-order valence-electron chi connectivity index (χ2n) is 5.66. The third kappa shape index (κ3) is 2.49. The number of nitrogens with two attached hydrogens (primary N) is 1. The van der Waals surface area contributed by atoms with Gasteiger partial charge in [-0.3, -0.25) is 5.10 Å². The molecule has 1 saturated heterocycles. The van der Waals surface area contributed by atoms with Crippen LogP contribution in [0.1, 0.15) is 19.8 Å². The number of hydrogen-bond acceptors (Lipinski definition) is 6. The summed E-state index contributed by atoms with van der Waals surface area (Å²) in [5.41, 5.74) is 6.92. The normalized spacial score (nSPS) is 23.0. The summed E-state index contributed by atoms with van der Waals surface area (Å²) in [5, 5.41) is 14.9. The number of hydrogen-bond donors (Lipinski definition) is 2. The molecule has 3 N–H and O–H groups in total. The van der Waals surface area contributed by atoms with Gasteiger partial charge in [0.2, 0.25) is 5.95 Å². The summed E-state index contributed by atoms with van der Waals surface area (Å²) >= 11 is 0. The maximum absolute atomic E-state index is 5.88. The van der Waals surface area contributed by atoms with Gasteiger partial charge >= 0.3 is 0 Å². The molecule has 0 saturated carbocycles. The SMILES string of the molecule is CC1(CN)CCCN(c2n[nH]c(-c3ccnnc3)n2)C1. The fourth-order valence-corrected chi connectivity index (χ4v) is 2.61. The molecule has 20 heavy (non-hydrogen) atoms. The molecule has 1 atom stereocenters. The van der Waals surface area contributed by atoms with Crippen molar-refractivity contribution in [2.75, 3.05) is 24.5 Å². The number of aromatic nitrogens is 5. The molecule has 1 unspecified atom stereocenters. The second kappa shape index (κ2) is 5.16. The molecule has 2 aromatic heterocycles. The first-order chi connectivity index (χ1) is 9.70. The summed E-state index contributed by atoms with van der Waals surface area (Å²) in [6, 6.07) is 1.86. The molecule has 2 aromatic rings. The van der Waals surface area contributed by atoms with Crippen LogP contribution in [0, 0.1) is 5.41 Å². The predicted octanol–water partition coefficient (Wildman–Crippen LogP) is 0.827. The average molecular weight is 273 g/mol. The van der Waals surface area contributed by atoms with E-state index >= 15 is 0 Å². The van der Waals surface area contributed by atoms with Gasteiger partial charge in [0.05, 0.1) is 12.4 Å². The highest BCUT2D eigenvalue weighted by molar-refractivity contribution is 5.54. The molecule has 3 heterocycles. The minimum atomic E-state index is 0.150. The van der Waals surface area contributed by atoms with Gasteiger partial charge in [0.25, 0.3) is 0 Å². The van der Waals surface area contributed by atoms with Gasteiger partial charge in [-0.1, -0.05) is 6.92 Å². The van der Waals surface area contributed by atoms with Crippen LogP contribution in [0.15, 0.2) is 18.5 Å². The molecule has 1 aliphatic heterocycles. The number of nitrogens with zero attached hydrogens (tertiary/aromatic N) is 5. The van der Waals surface area contributed by atoms with Gasteiger partial charge in [0.15, 0.2) is 5.82 Å². The number of anilines is 1. The van der Waals surface area contributed by atoms with Crippen LogP contribution >= 0.6 is 0 Å². The molecule has 0 aliphatic carbocycles. The van der Waals surface area contributed by atoms with Crippen LogP contribution in [-0.4, -0.2) is 45.0 Å². The molecule has 0 amide bonds. The maximum atomic E-state index is 5.88. The van der Waals surface area contributed by atoms with Crippen molar-refractivity contribution >= 4 is 5.95 Å². The Bertz CT molecular complexity index is 567. The fraction of sp³-hybridized carbons (Fsp3) is 0.538. The summed E-state index contributed by atoms with van der Waals surface area (Å²) in [6.07, 6.45) is 5.59. The van der Waals surface area contributed by atoms with Crippen LogP contribution in [0.3, 0.4) is 0 Å². The van der Waals surface area contributed by atoms with Crippen molar-refractivity contribution in [1.82, 2.24) is 25.4 Å². The highest BCUT2D eigenvalue weighted by Gasteiger charge is 2.31. The Morgan fingerprint density at radius 2 is 2.35 bits per heavy atom. The number of rotatable bonds is 3. The van der Waals surface area contributed by atoms with E-state index in [0.717, 1.165) is 43.3 Å². The number of aromatic amines is 1. The molecule has 1 fully saturated rings. The van der Waals surface area contributed by atoms with E-state index in [0.29, 0.717) is 6.54 Å². The summed E-state index contributed by atoms with van der Waals surface area (Å²) in [4.78, 5) is 6.75. The van der Waals surface area contributed by atoms with Crippen molar-refractivity contribution in [2.45, 2.75) is 19.8 Å². The topological polar surface area (TPSA) is 96.6 Å². The maximum Gasteiger partial charge on any atom is 0.245 e. The minimum absolute atomic E-state index is 0.150. The highest BCUT2D eigenvalue weighted by Crippen LogP contribution is 2.30. The summed E-state index contributed by atoms with van der Waals surface area (Å²) in [7, 11) is 0. The zero-order valence-corrected chi connectivity index (χ0v) is 11.6. The van der Waals surface area contributed by atoms with Crippen LogP contribution in [0.4, 0.5) is 5.95 Å². The van der Waals surface area contributed by atoms with Crippen LogP contribution in [0.25, 0.3) is 11.4 Å². The van der Waals surface area contributed by atoms with E-state index in [1.165, 1.54) is 0 Å². The quantitative estimate of drug-likeness (QED) is 0.859. The van der Waals surface area contributed by atoms with Crippen molar-refractivity contribution in [3.8, 4) is 11.4 Å². The molecule has 0 spiro atoms. The highest BCUT2D eigenvalue weighted by atomic mass is 15.4. The molecule has 3 rings (SSSR count). The van der Waals surface area contributed by atoms with Crippen LogP contribution in [0.2, 0.25) is 0 Å². The van der Waals surface area contributed by atoms with Gasteiger partial charge < -0.3 is 10.6 Å². The van der Waals surface area contributed by atoms with Crippen molar-refractivity contribution in [2.24, 2.45) is 11.1 Å². The zero-order chi connectivity index (χ0) is 14.0. The Morgan fingerprint density at radius 3 is 3.10 bits per heavy atom. The lowest BCUT2D eigenvalue weighted by Crippen LogP contribution is -2.46. The van der Waals surface area contributed by atoms with Crippen molar-refractivity contribution in [1.29, 1.82) is 0 Å². The minimum Gasteiger partial charge on any atom is -0.339 e. The smallest absolute Gasteiger partial charge is 0.245 e. The first-order valence-electron chi connectivity index (χ1n) is 6.85. The van der Waals surface area contributed by atoms with E-state index in [9.17, 15) is 0 Å². The largest absolute Gasteiger partial charge is 0.339 e. The number of H-pyrrole nitrogens is 1. The zero-order valence-electron chi connectivity index (χ0n) is 11.6. The molecule has 0 aromatic carbocycles. The Morgan fingerprint density at radius 1 is 1.45 bits per heavy atom. The van der Waals surface area contributed by atoms with E-state index in [1.807, 2.05) is 6.07 Å². The van der Waals surface area contributed by atoms with Crippen molar-refractivity contribution in [3.05, 3.63) is 18.5 Å². The number of piperidine rings is 1. The van der Waals surface area contributed by atoms with Gasteiger partial charge in [-0.2, -0.15) is 15.2 Å². The molecule has 7 heteroatoms. The predicted molar refractivity (Wildman–Crippen MR) is 76.0 cm³/mol. The van der Waals surface area contributed by atoms with Crippen LogP contribution in [-0.2, 0) is 0 Å². The number of nitrogens with one attached hydrogen (secondary N) is 1. The lowest BCUT2D eigenvalue weighted by atomic mass is 9.82. The molecule has 106 valence electrons. The Hall–Kier alpha value is -2.02. The lowest BCUT2D eigenvalue weighted by Gasteiger charge is -2.39. The fourth-order valence-electron chi connectivity index (χ4n) is 2.61. The van der Waals surface area contributed by atoms with E-state index in [4.69, 9.17) is 5.73 Å². The van der Waals surface area contributed by atoms with Gasteiger partial charge in [0, 0.05) is 18.7 Å². The molecular formula is C13H19N7. The Labute approximate surface area is 117 Å². The van der Waals surface area contributed by atoms with Gasteiger partial charge in [-0.25, -0.2) is 0 Å². The standard InChI is InChI=1S/C13H19N7/c1-13(8-14)4-2-6-20(9-13)12-17-11(18-19-12)10-3-5-15-16-7-10/h3,5,7H,2,4,6,8-9,14H2,1H3,(H,17,18,19). The average Bonchev–Trinajstić information content (AvgIpc) is 2.98. The second-order valence-corrected chi connectivity index (χ2v) is 5.66. The first-order valence-corrected chi connectivity index (χ1v) is 6.85. The van der Waals surface area contributed by atoms with E-state index in [1.54, 1.807) is 12.4 Å². The molecule has 1 aliphatic rings. The molecule has 0 radical (unpaired) electrons. The lowest BCUT2D eigenvalue weighted by molar-refractivity contribution is 0.270. The van der Waals surface area contributed by atoms with E-state index < -0.39 is 0 Å². The summed E-state index contributed by atoms with van der Waals surface area (Å²) < 4.78 is 0. The Kier molecular flexibility index (Phi) is 3.35. The summed E-state index contributed by atoms with van der Waals surface area (Å²) in [6.45, 7) is 4.78. The first kappa shape index (κ1) is 13.0. The van der Waals surface area contributed by atoms with Gasteiger partial charge in [-0.15, -0.1) is 5.10 Å². The Balaban J connectivity index is 1.80. The van der Waals surface area contributed by atoms with Gasteiger partial charge in [-0.05, 0) is 30.9 Å².